The van der Waals surface area contributed by atoms with E-state index in [1.807, 2.05) is 0 Å². The first-order chi connectivity index (χ1) is 16.2. The van der Waals surface area contributed by atoms with E-state index in [1.54, 1.807) is 0 Å². The van der Waals surface area contributed by atoms with E-state index in [2.05, 4.69) is 46.4 Å². The van der Waals surface area contributed by atoms with Crippen molar-refractivity contribution in [2.45, 2.75) is 125 Å². The molecule has 4 rings (SSSR count). The smallest absolute Gasteiger partial charge is 0.223 e. The van der Waals surface area contributed by atoms with Crippen LogP contribution in [0.15, 0.2) is 0 Å². The number of carbonyl (C=O) groups excluding carboxylic acids is 1. The lowest BCUT2D eigenvalue weighted by atomic mass is 9.49. The minimum atomic E-state index is 0.101. The molecule has 4 fully saturated rings. The van der Waals surface area contributed by atoms with Gasteiger partial charge in [0.05, 0.1) is 6.61 Å². The van der Waals surface area contributed by atoms with Crippen LogP contribution in [-0.2, 0) is 4.79 Å². The van der Waals surface area contributed by atoms with Crippen molar-refractivity contribution in [3.63, 3.8) is 0 Å². The topological polar surface area (TPSA) is 40.5 Å². The molecule has 0 spiro atoms. The second-order valence-electron chi connectivity index (χ2n) is 13.9. The second kappa shape index (κ2) is 10.4. The zero-order valence-corrected chi connectivity index (χ0v) is 23.3. The van der Waals surface area contributed by atoms with Gasteiger partial charge in [0.25, 0.3) is 0 Å². The summed E-state index contributed by atoms with van der Waals surface area (Å²) in [5, 5.41) is 9.80. The van der Waals surface area contributed by atoms with E-state index in [4.69, 9.17) is 0 Å². The molecule has 0 radical (unpaired) electrons. The number of hydrogen-bond donors (Lipinski definition) is 1. The van der Waals surface area contributed by atoms with Crippen LogP contribution in [0.1, 0.15) is 119 Å². The van der Waals surface area contributed by atoms with Gasteiger partial charge < -0.3 is 10.0 Å². The van der Waals surface area contributed by atoms with Crippen LogP contribution in [0.25, 0.3) is 0 Å². The van der Waals surface area contributed by atoms with Crippen molar-refractivity contribution >= 4 is 5.91 Å². The minimum Gasteiger partial charge on any atom is -0.395 e. The molecule has 0 aromatic carbocycles. The van der Waals surface area contributed by atoms with Crippen LogP contribution in [0.2, 0.25) is 0 Å². The van der Waals surface area contributed by atoms with Gasteiger partial charge in [0, 0.05) is 19.0 Å². The summed E-state index contributed by atoms with van der Waals surface area (Å²) >= 11 is 0. The number of β-amino-alcohol motifs (C(OH)–C–C–N with tert-alkyl or cyclic N) is 1. The molecule has 1 heterocycles. The van der Waals surface area contributed by atoms with E-state index < -0.39 is 0 Å². The molecule has 3 nitrogen and oxygen atoms in total. The van der Waals surface area contributed by atoms with Crippen LogP contribution < -0.4 is 0 Å². The summed E-state index contributed by atoms with van der Waals surface area (Å²) in [5.74, 6) is 5.58. The van der Waals surface area contributed by atoms with Gasteiger partial charge in [-0.05, 0) is 97.2 Å². The third-order valence-corrected chi connectivity index (χ3v) is 12.2. The quantitative estimate of drug-likeness (QED) is 0.401. The van der Waals surface area contributed by atoms with Crippen LogP contribution in [0, 0.1) is 52.3 Å². The van der Waals surface area contributed by atoms with E-state index in [0.29, 0.717) is 41.7 Å². The predicted molar refractivity (Wildman–Crippen MR) is 141 cm³/mol. The Bertz CT molecular complexity index is 706. The molecule has 34 heavy (non-hydrogen) atoms. The number of likely N-dealkylation sites (tertiary alicyclic amines) is 1. The molecule has 1 saturated heterocycles. The summed E-state index contributed by atoms with van der Waals surface area (Å²) in [6, 6.07) is 0.346. The van der Waals surface area contributed by atoms with Gasteiger partial charge in [0.1, 0.15) is 0 Å². The Labute approximate surface area is 210 Å². The molecule has 196 valence electrons. The number of amides is 1. The monoisotopic (exact) mass is 473 g/mol. The van der Waals surface area contributed by atoms with Gasteiger partial charge in [-0.15, -0.1) is 0 Å². The van der Waals surface area contributed by atoms with Gasteiger partial charge >= 0.3 is 0 Å². The first kappa shape index (κ1) is 26.5. The molecule has 4 aliphatic rings. The van der Waals surface area contributed by atoms with E-state index in [1.165, 1.54) is 64.2 Å². The first-order valence-corrected chi connectivity index (χ1v) is 15.1. The Hall–Kier alpha value is -0.570. The largest absolute Gasteiger partial charge is 0.395 e. The molecule has 3 heteroatoms. The summed E-state index contributed by atoms with van der Waals surface area (Å²) in [4.78, 5) is 15.8. The van der Waals surface area contributed by atoms with Crippen molar-refractivity contribution < 1.29 is 9.90 Å². The van der Waals surface area contributed by atoms with Gasteiger partial charge in [-0.2, -0.15) is 0 Å². The van der Waals surface area contributed by atoms with Crippen LogP contribution in [0.3, 0.4) is 0 Å². The summed E-state index contributed by atoms with van der Waals surface area (Å²) in [5.41, 5.74) is 0.647. The van der Waals surface area contributed by atoms with Gasteiger partial charge in [-0.3, -0.25) is 4.79 Å². The van der Waals surface area contributed by atoms with Gasteiger partial charge in [-0.25, -0.2) is 0 Å². The fourth-order valence-corrected chi connectivity index (χ4v) is 10.2. The van der Waals surface area contributed by atoms with E-state index in [0.717, 1.165) is 36.5 Å². The highest BCUT2D eigenvalue weighted by Gasteiger charge is 2.61. The molecule has 0 aromatic rings. The van der Waals surface area contributed by atoms with Crippen LogP contribution in [0.5, 0.6) is 0 Å². The Morgan fingerprint density at radius 2 is 1.71 bits per heavy atom. The molecule has 9 atom stereocenters. The second-order valence-corrected chi connectivity index (χ2v) is 13.9. The van der Waals surface area contributed by atoms with Crippen molar-refractivity contribution in [3.05, 3.63) is 0 Å². The first-order valence-electron chi connectivity index (χ1n) is 15.1. The van der Waals surface area contributed by atoms with Crippen LogP contribution in [0.4, 0.5) is 0 Å². The Kier molecular flexibility index (Phi) is 8.12. The summed E-state index contributed by atoms with van der Waals surface area (Å²) in [6.07, 6.45) is 15.2. The standard InChI is InChI=1S/C31H55NO2/c1-7-23(21(2)3)12-11-22(4)25-13-14-26-24-20-29(34)32(18-19-33)28-10-8-9-16-31(28,6)27(24)15-17-30(25,26)5/h21-28,33H,7-20H2,1-6H3/t22-,23-,24+,25-,26+,27+,28+,30-,31-/m1/s1. The Balaban J connectivity index is 1.55. The van der Waals surface area contributed by atoms with Crippen molar-refractivity contribution in [1.82, 2.24) is 4.90 Å². The maximum Gasteiger partial charge on any atom is 0.223 e. The highest BCUT2D eigenvalue weighted by molar-refractivity contribution is 5.77. The third-order valence-electron chi connectivity index (χ3n) is 12.2. The maximum atomic E-state index is 13.7. The fraction of sp³-hybridized carbons (Fsp3) is 0.968. The Morgan fingerprint density at radius 1 is 0.971 bits per heavy atom. The minimum absolute atomic E-state index is 0.101. The average molecular weight is 474 g/mol. The van der Waals surface area contributed by atoms with Crippen molar-refractivity contribution in [3.8, 4) is 0 Å². The number of aliphatic hydroxyl groups excluding tert-OH is 1. The van der Waals surface area contributed by atoms with Gasteiger partial charge in [0.2, 0.25) is 5.91 Å². The highest BCUT2D eigenvalue weighted by atomic mass is 16.3. The van der Waals surface area contributed by atoms with Crippen LogP contribution >= 0.6 is 0 Å². The SMILES string of the molecule is CC[C@H](CC[C@@H](C)[C@H]1CC[C@H]2[C@@H]3CC(=O)N(CCO)[C@H]4CCCC[C@]4(C)[C@H]3CC[C@]12C)C(C)C. The molecule has 3 aliphatic carbocycles. The third kappa shape index (κ3) is 4.50. The average Bonchev–Trinajstić information content (AvgIpc) is 3.11. The predicted octanol–water partition coefficient (Wildman–Crippen LogP) is 7.32. The summed E-state index contributed by atoms with van der Waals surface area (Å²) < 4.78 is 0. The number of rotatable bonds is 8. The van der Waals surface area contributed by atoms with Crippen molar-refractivity contribution in [2.24, 2.45) is 52.3 Å². The van der Waals surface area contributed by atoms with Gasteiger partial charge in [0.15, 0.2) is 0 Å². The fourth-order valence-electron chi connectivity index (χ4n) is 10.2. The lowest BCUT2D eigenvalue weighted by molar-refractivity contribution is -0.137. The normalized spacial score (nSPS) is 42.1. The molecule has 0 bridgehead atoms. The number of hydrogen-bond acceptors (Lipinski definition) is 2. The maximum absolute atomic E-state index is 13.7. The van der Waals surface area contributed by atoms with E-state index in [-0.39, 0.29) is 12.0 Å². The van der Waals surface area contributed by atoms with Gasteiger partial charge in [-0.1, -0.05) is 67.2 Å². The number of aliphatic hydroxyl groups is 1. The molecule has 1 amide bonds. The molecule has 1 aliphatic heterocycles. The lowest BCUT2D eigenvalue weighted by Crippen LogP contribution is -2.54. The Morgan fingerprint density at radius 3 is 2.38 bits per heavy atom. The molecule has 1 N–H and O–H groups in total. The van der Waals surface area contributed by atoms with E-state index in [9.17, 15) is 9.90 Å². The summed E-state index contributed by atoms with van der Waals surface area (Å²) in [7, 11) is 0. The molecule has 3 saturated carbocycles. The highest BCUT2D eigenvalue weighted by Crippen LogP contribution is 2.66. The molecule has 0 unspecified atom stereocenters. The number of nitrogens with zero attached hydrogens (tertiary/aromatic N) is 1. The zero-order chi connectivity index (χ0) is 24.7. The lowest BCUT2D eigenvalue weighted by Gasteiger charge is -2.56. The zero-order valence-electron chi connectivity index (χ0n) is 23.3. The number of carbonyl (C=O) groups is 1. The number of fused-ring (bicyclic) bond motifs is 5. The van der Waals surface area contributed by atoms with Crippen molar-refractivity contribution in [2.75, 3.05) is 13.2 Å². The molecular formula is C31H55NO2. The molecule has 0 aromatic heterocycles. The van der Waals surface area contributed by atoms with E-state index >= 15 is 0 Å². The van der Waals surface area contributed by atoms with Crippen LogP contribution in [-0.4, -0.2) is 35.1 Å². The van der Waals surface area contributed by atoms with Crippen molar-refractivity contribution in [1.29, 1.82) is 0 Å². The molecular weight excluding hydrogens is 418 g/mol. The summed E-state index contributed by atoms with van der Waals surface area (Å²) in [6.45, 7) is 15.5.